The molecule has 0 atom stereocenters. The van der Waals surface area contributed by atoms with E-state index in [1.165, 1.54) is 13.2 Å². The highest BCUT2D eigenvalue weighted by atomic mass is 19.1. The maximum atomic E-state index is 14.4. The summed E-state index contributed by atoms with van der Waals surface area (Å²) in [4.78, 5) is 16.1. The molecule has 0 bridgehead atoms. The van der Waals surface area contributed by atoms with Crippen LogP contribution in [0.3, 0.4) is 0 Å². The maximum Gasteiger partial charge on any atom is 0.341 e. The van der Waals surface area contributed by atoms with Crippen LogP contribution in [0.5, 0.6) is 5.75 Å². The van der Waals surface area contributed by atoms with Gasteiger partial charge >= 0.3 is 5.97 Å². The molecule has 2 aromatic rings. The van der Waals surface area contributed by atoms with E-state index in [-0.39, 0.29) is 5.56 Å². The van der Waals surface area contributed by atoms with E-state index in [9.17, 15) is 9.18 Å². The zero-order valence-electron chi connectivity index (χ0n) is 12.2. The Balaban J connectivity index is 2.17. The van der Waals surface area contributed by atoms with Gasteiger partial charge in [0.05, 0.1) is 19.9 Å². The quantitative estimate of drug-likeness (QED) is 0.814. The van der Waals surface area contributed by atoms with E-state index in [1.54, 1.807) is 25.5 Å². The van der Waals surface area contributed by atoms with Gasteiger partial charge in [-0.05, 0) is 23.8 Å². The molecular weight excluding hydrogens is 285 g/mol. The van der Waals surface area contributed by atoms with Crippen molar-refractivity contribution in [2.75, 3.05) is 14.2 Å². The summed E-state index contributed by atoms with van der Waals surface area (Å²) in [5.41, 5.74) is 2.61. The van der Waals surface area contributed by atoms with E-state index in [1.807, 2.05) is 12.1 Å². The molecule has 0 saturated heterocycles. The fourth-order valence-electron chi connectivity index (χ4n) is 2.58. The van der Waals surface area contributed by atoms with E-state index >= 15 is 0 Å². The molecule has 2 aromatic carbocycles. The molecule has 0 N–H and O–H groups in total. The third-order valence-corrected chi connectivity index (χ3v) is 3.66. The number of hydrogen-bond acceptors (Lipinski definition) is 4. The number of nitrogens with zero attached hydrogens (tertiary/aromatic N) is 1. The first-order valence-electron chi connectivity index (χ1n) is 6.76. The Bertz CT molecular complexity index is 766. The summed E-state index contributed by atoms with van der Waals surface area (Å²) in [5, 5.41) is 0. The van der Waals surface area contributed by atoms with Crippen molar-refractivity contribution in [3.8, 4) is 16.9 Å². The van der Waals surface area contributed by atoms with E-state index in [2.05, 4.69) is 9.73 Å². The van der Waals surface area contributed by atoms with Gasteiger partial charge in [-0.1, -0.05) is 12.1 Å². The number of carbonyl (C=O) groups excluding carboxylic acids is 1. The summed E-state index contributed by atoms with van der Waals surface area (Å²) in [6.45, 7) is 0. The summed E-state index contributed by atoms with van der Waals surface area (Å²) in [7, 11) is 2.82. The van der Waals surface area contributed by atoms with E-state index in [0.29, 0.717) is 23.2 Å². The van der Waals surface area contributed by atoms with Crippen LogP contribution in [0.4, 0.5) is 10.1 Å². The van der Waals surface area contributed by atoms with Crippen molar-refractivity contribution < 1.29 is 18.7 Å². The number of carbonyl (C=O) groups is 1. The summed E-state index contributed by atoms with van der Waals surface area (Å²) in [6.07, 6.45) is 2.09. The van der Waals surface area contributed by atoms with Crippen LogP contribution in [0.25, 0.3) is 11.1 Å². The number of rotatable bonds is 3. The van der Waals surface area contributed by atoms with Crippen LogP contribution >= 0.6 is 0 Å². The van der Waals surface area contributed by atoms with Gasteiger partial charge in [-0.3, -0.25) is 4.99 Å². The van der Waals surface area contributed by atoms with Crippen molar-refractivity contribution in [3.05, 3.63) is 47.3 Å². The Morgan fingerprint density at radius 2 is 1.95 bits per heavy atom. The molecular formula is C17H14FNO3. The summed E-state index contributed by atoms with van der Waals surface area (Å²) < 4.78 is 24.2. The highest BCUT2D eigenvalue weighted by Gasteiger charge is 2.25. The third-order valence-electron chi connectivity index (χ3n) is 3.66. The molecule has 0 aromatic heterocycles. The zero-order chi connectivity index (χ0) is 15.7. The molecule has 112 valence electrons. The fourth-order valence-corrected chi connectivity index (χ4v) is 2.58. The van der Waals surface area contributed by atoms with Crippen LogP contribution < -0.4 is 4.74 Å². The van der Waals surface area contributed by atoms with Crippen LogP contribution in [-0.4, -0.2) is 26.4 Å². The number of ether oxygens (including phenoxy) is 2. The fraction of sp³-hybridized carbons (Fsp3) is 0.176. The van der Waals surface area contributed by atoms with Gasteiger partial charge in [0.1, 0.15) is 17.1 Å². The lowest BCUT2D eigenvalue weighted by molar-refractivity contribution is 0.0594. The van der Waals surface area contributed by atoms with Crippen molar-refractivity contribution in [1.29, 1.82) is 0 Å². The second-order valence-corrected chi connectivity index (χ2v) is 4.84. The molecule has 0 amide bonds. The monoisotopic (exact) mass is 299 g/mol. The predicted molar refractivity (Wildman–Crippen MR) is 81.6 cm³/mol. The number of aliphatic imine (C=N–C) groups is 1. The number of hydrogen-bond donors (Lipinski definition) is 0. The molecule has 22 heavy (non-hydrogen) atoms. The first-order valence-corrected chi connectivity index (χ1v) is 6.76. The molecule has 3 rings (SSSR count). The Morgan fingerprint density at radius 1 is 1.23 bits per heavy atom. The van der Waals surface area contributed by atoms with Crippen molar-refractivity contribution in [3.63, 3.8) is 0 Å². The van der Waals surface area contributed by atoms with Gasteiger partial charge in [0.25, 0.3) is 0 Å². The smallest absolute Gasteiger partial charge is 0.341 e. The number of halogens is 1. The van der Waals surface area contributed by atoms with Gasteiger partial charge in [-0.2, -0.15) is 0 Å². The van der Waals surface area contributed by atoms with Crippen molar-refractivity contribution in [2.45, 2.75) is 6.42 Å². The van der Waals surface area contributed by atoms with E-state index in [4.69, 9.17) is 4.74 Å². The highest BCUT2D eigenvalue weighted by molar-refractivity contribution is 5.99. The topological polar surface area (TPSA) is 47.9 Å². The largest absolute Gasteiger partial charge is 0.497 e. The average Bonchev–Trinajstić information content (AvgIpc) is 3.02. The average molecular weight is 299 g/mol. The lowest BCUT2D eigenvalue weighted by Crippen LogP contribution is -2.09. The molecule has 5 heteroatoms. The third kappa shape index (κ3) is 2.24. The van der Waals surface area contributed by atoms with Gasteiger partial charge in [-0.25, -0.2) is 9.18 Å². The van der Waals surface area contributed by atoms with Gasteiger partial charge in [0, 0.05) is 23.8 Å². The summed E-state index contributed by atoms with van der Waals surface area (Å²) in [5.74, 6) is -0.557. The van der Waals surface area contributed by atoms with Crippen LogP contribution in [0.2, 0.25) is 0 Å². The second kappa shape index (κ2) is 5.60. The number of fused-ring (bicyclic) bond motifs is 1. The van der Waals surface area contributed by atoms with Crippen molar-refractivity contribution >= 4 is 17.9 Å². The van der Waals surface area contributed by atoms with Crippen LogP contribution in [-0.2, 0) is 11.2 Å². The van der Waals surface area contributed by atoms with Gasteiger partial charge in [-0.15, -0.1) is 0 Å². The highest BCUT2D eigenvalue weighted by Crippen LogP contribution is 2.40. The Hall–Kier alpha value is -2.69. The predicted octanol–water partition coefficient (Wildman–Crippen LogP) is 3.55. The molecule has 1 aliphatic heterocycles. The molecule has 4 nitrogen and oxygen atoms in total. The van der Waals surface area contributed by atoms with Crippen molar-refractivity contribution in [1.82, 2.24) is 0 Å². The second-order valence-electron chi connectivity index (χ2n) is 4.84. The zero-order valence-corrected chi connectivity index (χ0v) is 12.2. The van der Waals surface area contributed by atoms with Crippen LogP contribution in [0, 0.1) is 5.82 Å². The van der Waals surface area contributed by atoms with E-state index in [0.717, 1.165) is 11.3 Å². The molecule has 0 unspecified atom stereocenters. The SMILES string of the molecule is COC(=O)c1c(F)cc(-c2ccc(OC)cc2)c2c1CC=N2. The molecule has 0 spiro atoms. The van der Waals surface area contributed by atoms with Gasteiger partial charge in [0.2, 0.25) is 0 Å². The number of methoxy groups -OCH3 is 2. The molecule has 1 heterocycles. The Morgan fingerprint density at radius 3 is 2.59 bits per heavy atom. The maximum absolute atomic E-state index is 14.4. The molecule has 0 saturated carbocycles. The van der Waals surface area contributed by atoms with Crippen molar-refractivity contribution in [2.24, 2.45) is 4.99 Å². The van der Waals surface area contributed by atoms with E-state index < -0.39 is 11.8 Å². The van der Waals surface area contributed by atoms with Crippen LogP contribution in [0.1, 0.15) is 15.9 Å². The lowest BCUT2D eigenvalue weighted by Gasteiger charge is -2.12. The first-order chi connectivity index (χ1) is 10.7. The standard InChI is InChI=1S/C17H14FNO3/c1-21-11-5-3-10(4-6-11)13-9-14(18)15(17(20)22-2)12-7-8-19-16(12)13/h3-6,8-9H,7H2,1-2H3. The lowest BCUT2D eigenvalue weighted by atomic mass is 9.95. The molecule has 0 aliphatic carbocycles. The Kier molecular flexibility index (Phi) is 3.63. The normalized spacial score (nSPS) is 12.1. The number of benzene rings is 2. The molecule has 0 radical (unpaired) electrons. The Labute approximate surface area is 127 Å². The first kappa shape index (κ1) is 14.3. The van der Waals surface area contributed by atoms with Gasteiger partial charge < -0.3 is 9.47 Å². The minimum absolute atomic E-state index is 0.0349. The summed E-state index contributed by atoms with van der Waals surface area (Å²) in [6, 6.07) is 8.59. The van der Waals surface area contributed by atoms with Gasteiger partial charge in [0.15, 0.2) is 0 Å². The minimum atomic E-state index is -0.680. The molecule has 0 fully saturated rings. The summed E-state index contributed by atoms with van der Waals surface area (Å²) >= 11 is 0. The minimum Gasteiger partial charge on any atom is -0.497 e. The van der Waals surface area contributed by atoms with Crippen LogP contribution in [0.15, 0.2) is 35.3 Å². The molecule has 1 aliphatic rings. The number of esters is 1.